The normalized spacial score (nSPS) is 13.0. The van der Waals surface area contributed by atoms with Crippen LogP contribution in [-0.2, 0) is 6.42 Å². The Kier molecular flexibility index (Phi) is 5.83. The summed E-state index contributed by atoms with van der Waals surface area (Å²) in [6.45, 7) is 0.555. The highest BCUT2D eigenvalue weighted by atomic mass is 79.9. The molecule has 2 aromatic carbocycles. The standard InChI is InChI=1S/C22H18BrClN2O4/c1-29-17-8-7-16(24)15-6-3-11-26(20(15)17)22(28)13-4-2-5-14(12-13)25-21(27)18-9-10-19(23)30-18/h2,4-5,7-10,12H,3,6,11H2,1H3,(H,25,27). The summed E-state index contributed by atoms with van der Waals surface area (Å²) in [5.41, 5.74) is 2.55. The van der Waals surface area contributed by atoms with Crippen LogP contribution in [0, 0.1) is 0 Å². The minimum atomic E-state index is -0.401. The summed E-state index contributed by atoms with van der Waals surface area (Å²) < 4.78 is 11.2. The van der Waals surface area contributed by atoms with Crippen molar-refractivity contribution in [2.24, 2.45) is 0 Å². The number of halogens is 2. The second-order valence-electron chi connectivity index (χ2n) is 6.78. The van der Waals surface area contributed by atoms with E-state index in [2.05, 4.69) is 21.2 Å². The van der Waals surface area contributed by atoms with Crippen LogP contribution in [0.4, 0.5) is 11.4 Å². The van der Waals surface area contributed by atoms with Gasteiger partial charge in [0.1, 0.15) is 5.75 Å². The van der Waals surface area contributed by atoms with Gasteiger partial charge in [0, 0.05) is 22.8 Å². The number of rotatable bonds is 4. The fourth-order valence-corrected chi connectivity index (χ4v) is 4.09. The summed E-state index contributed by atoms with van der Waals surface area (Å²) in [5.74, 6) is 0.189. The zero-order valence-corrected chi connectivity index (χ0v) is 18.4. The van der Waals surface area contributed by atoms with Gasteiger partial charge in [-0.1, -0.05) is 17.7 Å². The molecule has 0 fully saturated rings. The molecule has 0 radical (unpaired) electrons. The molecule has 0 saturated heterocycles. The van der Waals surface area contributed by atoms with Crippen LogP contribution >= 0.6 is 27.5 Å². The molecule has 2 amide bonds. The van der Waals surface area contributed by atoms with Crippen LogP contribution in [-0.4, -0.2) is 25.5 Å². The molecule has 1 aromatic heterocycles. The van der Waals surface area contributed by atoms with Crippen LogP contribution in [0.1, 0.15) is 32.9 Å². The average molecular weight is 490 g/mol. The molecule has 3 aromatic rings. The van der Waals surface area contributed by atoms with Crippen molar-refractivity contribution in [3.63, 3.8) is 0 Å². The van der Waals surface area contributed by atoms with Crippen LogP contribution in [0.25, 0.3) is 0 Å². The van der Waals surface area contributed by atoms with Crippen LogP contribution in [0.2, 0.25) is 5.02 Å². The Balaban J connectivity index is 1.62. The van der Waals surface area contributed by atoms with E-state index >= 15 is 0 Å². The van der Waals surface area contributed by atoms with Gasteiger partial charge in [-0.3, -0.25) is 9.59 Å². The monoisotopic (exact) mass is 488 g/mol. The number of amides is 2. The molecule has 154 valence electrons. The number of nitrogens with zero attached hydrogens (tertiary/aromatic N) is 1. The molecule has 2 heterocycles. The predicted octanol–water partition coefficient (Wildman–Crippen LogP) is 5.55. The van der Waals surface area contributed by atoms with Crippen molar-refractivity contribution >= 4 is 50.7 Å². The Morgan fingerprint density at radius 3 is 2.77 bits per heavy atom. The molecule has 0 unspecified atom stereocenters. The maximum atomic E-state index is 13.3. The van der Waals surface area contributed by atoms with E-state index in [1.165, 1.54) is 0 Å². The number of carbonyl (C=O) groups excluding carboxylic acids is 2. The van der Waals surface area contributed by atoms with Gasteiger partial charge in [0.2, 0.25) is 0 Å². The van der Waals surface area contributed by atoms with E-state index in [0.717, 1.165) is 18.4 Å². The third kappa shape index (κ3) is 3.95. The highest BCUT2D eigenvalue weighted by molar-refractivity contribution is 9.10. The fourth-order valence-electron chi connectivity index (χ4n) is 3.53. The number of hydrogen-bond acceptors (Lipinski definition) is 4. The van der Waals surface area contributed by atoms with E-state index in [1.807, 2.05) is 0 Å². The van der Waals surface area contributed by atoms with Gasteiger partial charge >= 0.3 is 0 Å². The zero-order valence-electron chi connectivity index (χ0n) is 16.1. The van der Waals surface area contributed by atoms with Gasteiger partial charge in [-0.05, 0) is 76.8 Å². The molecule has 8 heteroatoms. The zero-order chi connectivity index (χ0) is 21.3. The maximum Gasteiger partial charge on any atom is 0.291 e. The Bertz CT molecular complexity index is 1130. The van der Waals surface area contributed by atoms with E-state index in [1.54, 1.807) is 60.5 Å². The van der Waals surface area contributed by atoms with Gasteiger partial charge in [-0.15, -0.1) is 0 Å². The molecule has 1 N–H and O–H groups in total. The lowest BCUT2D eigenvalue weighted by Crippen LogP contribution is -2.36. The Hall–Kier alpha value is -2.77. The van der Waals surface area contributed by atoms with E-state index < -0.39 is 5.91 Å². The minimum Gasteiger partial charge on any atom is -0.495 e. The van der Waals surface area contributed by atoms with Crippen molar-refractivity contribution in [1.82, 2.24) is 0 Å². The van der Waals surface area contributed by atoms with Gasteiger partial charge in [0.25, 0.3) is 11.8 Å². The Morgan fingerprint density at radius 2 is 2.03 bits per heavy atom. The van der Waals surface area contributed by atoms with Crippen molar-refractivity contribution in [1.29, 1.82) is 0 Å². The lowest BCUT2D eigenvalue weighted by atomic mass is 9.99. The largest absolute Gasteiger partial charge is 0.495 e. The number of nitrogens with one attached hydrogen (secondary N) is 1. The fraction of sp³-hybridized carbons (Fsp3) is 0.182. The number of carbonyl (C=O) groups is 2. The van der Waals surface area contributed by atoms with Gasteiger partial charge in [-0.25, -0.2) is 0 Å². The van der Waals surface area contributed by atoms with Gasteiger partial charge in [0.05, 0.1) is 12.8 Å². The molecular weight excluding hydrogens is 472 g/mol. The third-order valence-electron chi connectivity index (χ3n) is 4.90. The summed E-state index contributed by atoms with van der Waals surface area (Å²) in [6.07, 6.45) is 1.58. The van der Waals surface area contributed by atoms with Crippen LogP contribution in [0.3, 0.4) is 0 Å². The van der Waals surface area contributed by atoms with Gasteiger partial charge in [-0.2, -0.15) is 0 Å². The summed E-state index contributed by atoms with van der Waals surface area (Å²) >= 11 is 9.55. The van der Waals surface area contributed by atoms with Crippen molar-refractivity contribution in [3.8, 4) is 5.75 Å². The number of hydrogen-bond donors (Lipinski definition) is 1. The molecule has 6 nitrogen and oxygen atoms in total. The summed E-state index contributed by atoms with van der Waals surface area (Å²) in [5, 5.41) is 3.37. The summed E-state index contributed by atoms with van der Waals surface area (Å²) in [6, 6.07) is 13.6. The summed E-state index contributed by atoms with van der Waals surface area (Å²) in [4.78, 5) is 27.4. The number of ether oxygens (including phenoxy) is 1. The molecule has 1 aliphatic heterocycles. The average Bonchev–Trinajstić information content (AvgIpc) is 3.20. The maximum absolute atomic E-state index is 13.3. The van der Waals surface area contributed by atoms with Crippen molar-refractivity contribution in [2.75, 3.05) is 23.9 Å². The van der Waals surface area contributed by atoms with Crippen LogP contribution < -0.4 is 15.0 Å². The van der Waals surface area contributed by atoms with Crippen LogP contribution in [0.5, 0.6) is 5.75 Å². The Morgan fingerprint density at radius 1 is 1.20 bits per heavy atom. The second-order valence-corrected chi connectivity index (χ2v) is 7.96. The highest BCUT2D eigenvalue weighted by Gasteiger charge is 2.28. The van der Waals surface area contributed by atoms with E-state index in [-0.39, 0.29) is 11.7 Å². The number of benzene rings is 2. The molecular formula is C22H18BrClN2O4. The SMILES string of the molecule is COc1ccc(Cl)c2c1N(C(=O)c1cccc(NC(=O)c3ccc(Br)o3)c1)CCC2. The number of furan rings is 1. The number of methoxy groups -OCH3 is 1. The van der Waals surface area contributed by atoms with Gasteiger partial charge in [0.15, 0.2) is 10.4 Å². The van der Waals surface area contributed by atoms with Crippen molar-refractivity contribution in [2.45, 2.75) is 12.8 Å². The molecule has 0 bridgehead atoms. The highest BCUT2D eigenvalue weighted by Crippen LogP contribution is 2.41. The van der Waals surface area contributed by atoms with E-state index in [9.17, 15) is 9.59 Å². The Labute approximate surface area is 186 Å². The first-order valence-electron chi connectivity index (χ1n) is 9.32. The number of anilines is 2. The first-order chi connectivity index (χ1) is 14.5. The predicted molar refractivity (Wildman–Crippen MR) is 119 cm³/mol. The molecule has 4 rings (SSSR count). The quantitative estimate of drug-likeness (QED) is 0.522. The van der Waals surface area contributed by atoms with Crippen LogP contribution in [0.15, 0.2) is 57.6 Å². The molecule has 0 atom stereocenters. The smallest absolute Gasteiger partial charge is 0.291 e. The molecule has 1 aliphatic rings. The molecule has 0 aliphatic carbocycles. The van der Waals surface area contributed by atoms with Gasteiger partial charge < -0.3 is 19.4 Å². The molecule has 0 saturated carbocycles. The van der Waals surface area contributed by atoms with E-state index in [4.69, 9.17) is 20.8 Å². The first kappa shape index (κ1) is 20.5. The lowest BCUT2D eigenvalue weighted by molar-refractivity contribution is 0.0978. The summed E-state index contributed by atoms with van der Waals surface area (Å²) in [7, 11) is 1.57. The van der Waals surface area contributed by atoms with Crippen molar-refractivity contribution in [3.05, 3.63) is 75.1 Å². The topological polar surface area (TPSA) is 71.8 Å². The lowest BCUT2D eigenvalue weighted by Gasteiger charge is -2.31. The first-order valence-corrected chi connectivity index (χ1v) is 10.5. The van der Waals surface area contributed by atoms with E-state index in [0.29, 0.717) is 38.9 Å². The number of fused-ring (bicyclic) bond motifs is 1. The molecule has 0 spiro atoms. The van der Waals surface area contributed by atoms with Crippen molar-refractivity contribution < 1.29 is 18.7 Å². The second kappa shape index (κ2) is 8.53. The minimum absolute atomic E-state index is 0.169. The molecule has 30 heavy (non-hydrogen) atoms. The third-order valence-corrected chi connectivity index (χ3v) is 5.68.